The number of nitrogens with zero attached hydrogens (tertiary/aromatic N) is 1. The first kappa shape index (κ1) is 19.3. The maximum absolute atomic E-state index is 13.0. The molecule has 0 spiro atoms. The zero-order valence-corrected chi connectivity index (χ0v) is 15.9. The smallest absolute Gasteiger partial charge is 0.243 e. The van der Waals surface area contributed by atoms with Crippen LogP contribution in [0.5, 0.6) is 0 Å². The molecular weight excluding hydrogens is 352 g/mol. The molecule has 0 saturated carbocycles. The molecule has 1 heterocycles. The van der Waals surface area contributed by atoms with Gasteiger partial charge in [0.05, 0.1) is 4.90 Å². The molecule has 6 nitrogen and oxygen atoms in total. The first-order valence-corrected chi connectivity index (χ1v) is 11.0. The molecule has 7 heteroatoms. The van der Waals surface area contributed by atoms with Gasteiger partial charge >= 0.3 is 0 Å². The van der Waals surface area contributed by atoms with E-state index in [0.717, 1.165) is 24.8 Å². The van der Waals surface area contributed by atoms with Crippen LogP contribution in [0.25, 0.3) is 0 Å². The van der Waals surface area contributed by atoms with Crippen LogP contribution in [0.4, 0.5) is 0 Å². The molecule has 1 aliphatic heterocycles. The predicted molar refractivity (Wildman–Crippen MR) is 99.3 cm³/mol. The molecule has 1 amide bonds. The van der Waals surface area contributed by atoms with E-state index in [1.54, 1.807) is 6.07 Å². The van der Waals surface area contributed by atoms with Crippen molar-refractivity contribution < 1.29 is 18.3 Å². The second-order valence-corrected chi connectivity index (χ2v) is 9.12. The number of carbonyl (C=O) groups is 1. The van der Waals surface area contributed by atoms with Gasteiger partial charge in [0.25, 0.3) is 0 Å². The van der Waals surface area contributed by atoms with Gasteiger partial charge < -0.3 is 10.4 Å². The summed E-state index contributed by atoms with van der Waals surface area (Å²) in [4.78, 5) is 12.5. The fraction of sp³-hybridized carbons (Fsp3) is 0.632. The van der Waals surface area contributed by atoms with E-state index in [0.29, 0.717) is 43.8 Å². The SMILES string of the molecule is O=C(NCCCO)C1CCN(S(=O)(=O)c2ccc3c(c2)CCCC3)CC1. The average molecular weight is 381 g/mol. The number of aliphatic hydroxyl groups excluding tert-OH is 1. The number of nitrogens with one attached hydrogen (secondary N) is 1. The summed E-state index contributed by atoms with van der Waals surface area (Å²) in [6.45, 7) is 1.26. The van der Waals surface area contributed by atoms with Gasteiger partial charge in [0.2, 0.25) is 15.9 Å². The number of amides is 1. The second-order valence-electron chi connectivity index (χ2n) is 7.18. The standard InChI is InChI=1S/C19H28N2O4S/c22-13-3-10-20-19(23)16-8-11-21(12-9-16)26(24,25)18-7-6-15-4-1-2-5-17(15)14-18/h6-7,14,16,22H,1-5,8-13H2,(H,20,23). The average Bonchev–Trinajstić information content (AvgIpc) is 2.67. The lowest BCUT2D eigenvalue weighted by atomic mass is 9.92. The molecule has 3 rings (SSSR count). The van der Waals surface area contributed by atoms with Crippen LogP contribution in [-0.2, 0) is 27.7 Å². The number of carbonyl (C=O) groups excluding carboxylic acids is 1. The quantitative estimate of drug-likeness (QED) is 0.732. The summed E-state index contributed by atoms with van der Waals surface area (Å²) in [6, 6.07) is 5.54. The highest BCUT2D eigenvalue weighted by molar-refractivity contribution is 7.89. The first-order chi connectivity index (χ1) is 12.5. The summed E-state index contributed by atoms with van der Waals surface area (Å²) in [6.07, 6.45) is 5.89. The molecule has 1 fully saturated rings. The van der Waals surface area contributed by atoms with Crippen molar-refractivity contribution in [1.29, 1.82) is 0 Å². The molecular formula is C19H28N2O4S. The van der Waals surface area contributed by atoms with E-state index in [-0.39, 0.29) is 18.4 Å². The van der Waals surface area contributed by atoms with Crippen LogP contribution < -0.4 is 5.32 Å². The summed E-state index contributed by atoms with van der Waals surface area (Å²) >= 11 is 0. The largest absolute Gasteiger partial charge is 0.396 e. The molecule has 2 aliphatic rings. The third-order valence-corrected chi connectivity index (χ3v) is 7.31. The van der Waals surface area contributed by atoms with E-state index in [2.05, 4.69) is 5.32 Å². The van der Waals surface area contributed by atoms with Gasteiger partial charge in [-0.3, -0.25) is 4.79 Å². The van der Waals surface area contributed by atoms with Crippen molar-refractivity contribution in [2.45, 2.75) is 49.8 Å². The molecule has 0 bridgehead atoms. The molecule has 2 N–H and O–H groups in total. The lowest BCUT2D eigenvalue weighted by Gasteiger charge is -2.31. The fourth-order valence-corrected chi connectivity index (χ4v) is 5.33. The van der Waals surface area contributed by atoms with Gasteiger partial charge in [-0.15, -0.1) is 0 Å². The Balaban J connectivity index is 1.62. The number of fused-ring (bicyclic) bond motifs is 1. The molecule has 1 aliphatic carbocycles. The van der Waals surface area contributed by atoms with E-state index in [1.165, 1.54) is 16.3 Å². The second kappa shape index (κ2) is 8.50. The van der Waals surface area contributed by atoms with E-state index < -0.39 is 10.0 Å². The Bertz CT molecular complexity index is 740. The van der Waals surface area contributed by atoms with Gasteiger partial charge in [-0.05, 0) is 68.2 Å². The van der Waals surface area contributed by atoms with Gasteiger partial charge in [-0.2, -0.15) is 4.31 Å². The zero-order chi connectivity index (χ0) is 18.6. The van der Waals surface area contributed by atoms with Crippen LogP contribution in [0.2, 0.25) is 0 Å². The normalized spacial score (nSPS) is 19.1. The van der Waals surface area contributed by atoms with Crippen LogP contribution in [-0.4, -0.2) is 50.0 Å². The van der Waals surface area contributed by atoms with Crippen LogP contribution in [0.15, 0.2) is 23.1 Å². The van der Waals surface area contributed by atoms with Crippen molar-refractivity contribution in [2.24, 2.45) is 5.92 Å². The minimum absolute atomic E-state index is 0.0377. The number of hydrogen-bond donors (Lipinski definition) is 2. The highest BCUT2D eigenvalue weighted by Crippen LogP contribution is 2.28. The Morgan fingerprint density at radius 3 is 2.54 bits per heavy atom. The van der Waals surface area contributed by atoms with Crippen molar-refractivity contribution in [1.82, 2.24) is 9.62 Å². The van der Waals surface area contributed by atoms with Crippen molar-refractivity contribution in [3.8, 4) is 0 Å². The summed E-state index contributed by atoms with van der Waals surface area (Å²) < 4.78 is 27.4. The molecule has 0 unspecified atom stereocenters. The third kappa shape index (κ3) is 4.27. The van der Waals surface area contributed by atoms with Gasteiger partial charge in [-0.25, -0.2) is 8.42 Å². The molecule has 0 radical (unpaired) electrons. The van der Waals surface area contributed by atoms with Gasteiger partial charge in [0, 0.05) is 32.2 Å². The van der Waals surface area contributed by atoms with Gasteiger partial charge in [0.15, 0.2) is 0 Å². The summed E-state index contributed by atoms with van der Waals surface area (Å²) in [5, 5.41) is 11.6. The molecule has 1 aromatic rings. The fourth-order valence-electron chi connectivity index (χ4n) is 3.81. The molecule has 26 heavy (non-hydrogen) atoms. The van der Waals surface area contributed by atoms with Crippen molar-refractivity contribution >= 4 is 15.9 Å². The lowest BCUT2D eigenvalue weighted by Crippen LogP contribution is -2.43. The summed E-state index contributed by atoms with van der Waals surface area (Å²) in [5.74, 6) is -0.187. The van der Waals surface area contributed by atoms with Crippen molar-refractivity contribution in [3.63, 3.8) is 0 Å². The van der Waals surface area contributed by atoms with Crippen LogP contribution in [0.1, 0.15) is 43.2 Å². The van der Waals surface area contributed by atoms with Crippen LogP contribution in [0.3, 0.4) is 0 Å². The van der Waals surface area contributed by atoms with E-state index in [9.17, 15) is 13.2 Å². The monoisotopic (exact) mass is 380 g/mol. The Morgan fingerprint density at radius 1 is 1.15 bits per heavy atom. The highest BCUT2D eigenvalue weighted by atomic mass is 32.2. The molecule has 1 saturated heterocycles. The minimum atomic E-state index is -3.50. The predicted octanol–water partition coefficient (Wildman–Crippen LogP) is 1.46. The maximum atomic E-state index is 13.0. The zero-order valence-electron chi connectivity index (χ0n) is 15.1. The Kier molecular flexibility index (Phi) is 6.32. The number of piperidine rings is 1. The number of sulfonamides is 1. The van der Waals surface area contributed by atoms with Crippen molar-refractivity contribution in [2.75, 3.05) is 26.2 Å². The number of benzene rings is 1. The third-order valence-electron chi connectivity index (χ3n) is 5.42. The van der Waals surface area contributed by atoms with Crippen LogP contribution in [0, 0.1) is 5.92 Å². The minimum Gasteiger partial charge on any atom is -0.396 e. The Labute approximate surface area is 155 Å². The van der Waals surface area contributed by atoms with Crippen molar-refractivity contribution in [3.05, 3.63) is 29.3 Å². The Morgan fingerprint density at radius 2 is 1.85 bits per heavy atom. The number of hydrogen-bond acceptors (Lipinski definition) is 4. The van der Waals surface area contributed by atoms with Gasteiger partial charge in [-0.1, -0.05) is 6.07 Å². The van der Waals surface area contributed by atoms with E-state index in [1.807, 2.05) is 12.1 Å². The van der Waals surface area contributed by atoms with Crippen LogP contribution >= 0.6 is 0 Å². The number of rotatable bonds is 6. The van der Waals surface area contributed by atoms with Gasteiger partial charge in [0.1, 0.15) is 0 Å². The molecule has 0 atom stereocenters. The van der Waals surface area contributed by atoms with E-state index >= 15 is 0 Å². The summed E-state index contributed by atoms with van der Waals surface area (Å²) in [7, 11) is -3.50. The summed E-state index contributed by atoms with van der Waals surface area (Å²) in [5.41, 5.74) is 2.43. The molecule has 1 aromatic carbocycles. The number of aliphatic hydroxyl groups is 1. The number of aryl methyl sites for hydroxylation is 2. The highest BCUT2D eigenvalue weighted by Gasteiger charge is 2.32. The maximum Gasteiger partial charge on any atom is 0.243 e. The lowest BCUT2D eigenvalue weighted by molar-refractivity contribution is -0.126. The van der Waals surface area contributed by atoms with E-state index in [4.69, 9.17) is 5.11 Å². The molecule has 144 valence electrons. The molecule has 0 aromatic heterocycles. The first-order valence-electron chi connectivity index (χ1n) is 9.53. The topological polar surface area (TPSA) is 86.7 Å². The Hall–Kier alpha value is -1.44.